The van der Waals surface area contributed by atoms with Gasteiger partial charge < -0.3 is 4.74 Å². The lowest BCUT2D eigenvalue weighted by atomic mass is 10.1. The Balaban J connectivity index is 3.01. The minimum atomic E-state index is 0.483. The van der Waals surface area contributed by atoms with Crippen molar-refractivity contribution >= 4 is 5.57 Å². The fourth-order valence-corrected chi connectivity index (χ4v) is 1.22. The van der Waals surface area contributed by atoms with Gasteiger partial charge in [-0.1, -0.05) is 6.58 Å². The van der Waals surface area contributed by atoms with E-state index in [1.54, 1.807) is 0 Å². The van der Waals surface area contributed by atoms with E-state index in [0.29, 0.717) is 12.2 Å². The molecule has 1 rings (SSSR count). The molecule has 0 saturated carbocycles. The van der Waals surface area contributed by atoms with Gasteiger partial charge in [0.05, 0.1) is 18.2 Å². The third-order valence-corrected chi connectivity index (χ3v) is 1.96. The van der Waals surface area contributed by atoms with Gasteiger partial charge in [0.15, 0.2) is 0 Å². The Hall–Kier alpha value is -1.75. The van der Waals surface area contributed by atoms with Crippen LogP contribution in [0.25, 0.3) is 5.57 Å². The van der Waals surface area contributed by atoms with Crippen LogP contribution in [-0.4, -0.2) is 6.61 Å². The molecule has 0 aliphatic rings. The number of ether oxygens (including phenoxy) is 1. The topological polar surface area (TPSA) is 33.0 Å². The minimum Gasteiger partial charge on any atom is -0.494 e. The molecule has 0 spiro atoms. The maximum absolute atomic E-state index is 8.67. The van der Waals surface area contributed by atoms with Crippen LogP contribution >= 0.6 is 0 Å². The SMILES string of the molecule is C=C(C#N)c1ccc(OCC)c(C)c1. The normalized spacial score (nSPS) is 9.21. The van der Waals surface area contributed by atoms with Crippen LogP contribution < -0.4 is 4.74 Å². The van der Waals surface area contributed by atoms with Crippen LogP contribution in [0.3, 0.4) is 0 Å². The van der Waals surface area contributed by atoms with Crippen molar-refractivity contribution in [2.45, 2.75) is 13.8 Å². The van der Waals surface area contributed by atoms with Gasteiger partial charge in [-0.3, -0.25) is 0 Å². The van der Waals surface area contributed by atoms with E-state index >= 15 is 0 Å². The van der Waals surface area contributed by atoms with Gasteiger partial charge in [0, 0.05) is 0 Å². The van der Waals surface area contributed by atoms with Gasteiger partial charge in [0.2, 0.25) is 0 Å². The molecule has 2 heteroatoms. The zero-order valence-electron chi connectivity index (χ0n) is 8.50. The highest BCUT2D eigenvalue weighted by Crippen LogP contribution is 2.22. The van der Waals surface area contributed by atoms with Crippen LogP contribution in [0.2, 0.25) is 0 Å². The summed E-state index contributed by atoms with van der Waals surface area (Å²) in [6.07, 6.45) is 0. The Morgan fingerprint density at radius 2 is 2.29 bits per heavy atom. The summed E-state index contributed by atoms with van der Waals surface area (Å²) in [4.78, 5) is 0. The molecule has 2 nitrogen and oxygen atoms in total. The molecule has 0 saturated heterocycles. The van der Waals surface area contributed by atoms with Crippen molar-refractivity contribution in [2.24, 2.45) is 0 Å². The number of nitrogens with zero attached hydrogens (tertiary/aromatic N) is 1. The molecule has 72 valence electrons. The van der Waals surface area contributed by atoms with E-state index < -0.39 is 0 Å². The lowest BCUT2D eigenvalue weighted by Gasteiger charge is -2.07. The van der Waals surface area contributed by atoms with Crippen molar-refractivity contribution in [3.63, 3.8) is 0 Å². The van der Waals surface area contributed by atoms with E-state index in [9.17, 15) is 0 Å². The fraction of sp³-hybridized carbons (Fsp3) is 0.250. The highest BCUT2D eigenvalue weighted by molar-refractivity contribution is 5.75. The average molecular weight is 187 g/mol. The first-order valence-electron chi connectivity index (χ1n) is 4.52. The molecule has 0 aliphatic heterocycles. The van der Waals surface area contributed by atoms with Crippen molar-refractivity contribution in [3.05, 3.63) is 35.9 Å². The molecular weight excluding hydrogens is 174 g/mol. The van der Waals surface area contributed by atoms with E-state index in [2.05, 4.69) is 6.58 Å². The molecule has 0 heterocycles. The molecular formula is C12H13NO. The third-order valence-electron chi connectivity index (χ3n) is 1.96. The van der Waals surface area contributed by atoms with Crippen molar-refractivity contribution in [3.8, 4) is 11.8 Å². The molecule has 0 unspecified atom stereocenters. The molecule has 0 amide bonds. The van der Waals surface area contributed by atoms with Crippen LogP contribution in [0, 0.1) is 18.3 Å². The molecule has 0 radical (unpaired) electrons. The van der Waals surface area contributed by atoms with Crippen molar-refractivity contribution in [1.29, 1.82) is 5.26 Å². The monoisotopic (exact) mass is 187 g/mol. The molecule has 14 heavy (non-hydrogen) atoms. The zero-order chi connectivity index (χ0) is 10.6. The van der Waals surface area contributed by atoms with E-state index in [1.165, 1.54) is 0 Å². The predicted molar refractivity (Wildman–Crippen MR) is 57.0 cm³/mol. The standard InChI is InChI=1S/C12H13NO/c1-4-14-12-6-5-11(7-9(12)2)10(3)8-13/h5-7H,3-4H2,1-2H3. The lowest BCUT2D eigenvalue weighted by Crippen LogP contribution is -1.94. The van der Waals surface area contributed by atoms with Crippen LogP contribution in [-0.2, 0) is 0 Å². The summed E-state index contributed by atoms with van der Waals surface area (Å²) in [6, 6.07) is 7.66. The van der Waals surface area contributed by atoms with E-state index in [4.69, 9.17) is 10.00 Å². The van der Waals surface area contributed by atoms with Gasteiger partial charge in [0.1, 0.15) is 5.75 Å². The minimum absolute atomic E-state index is 0.483. The number of rotatable bonds is 3. The molecule has 0 atom stereocenters. The fourth-order valence-electron chi connectivity index (χ4n) is 1.22. The smallest absolute Gasteiger partial charge is 0.122 e. The van der Waals surface area contributed by atoms with Gasteiger partial charge in [-0.15, -0.1) is 0 Å². The predicted octanol–water partition coefficient (Wildman–Crippen LogP) is 2.93. The Labute approximate surface area is 84.4 Å². The highest BCUT2D eigenvalue weighted by Gasteiger charge is 2.02. The molecule has 1 aromatic carbocycles. The van der Waals surface area contributed by atoms with E-state index in [-0.39, 0.29) is 0 Å². The molecule has 0 aromatic heterocycles. The summed E-state index contributed by atoms with van der Waals surface area (Å²) in [5, 5.41) is 8.67. The first-order valence-corrected chi connectivity index (χ1v) is 4.52. The van der Waals surface area contributed by atoms with Crippen molar-refractivity contribution in [1.82, 2.24) is 0 Å². The highest BCUT2D eigenvalue weighted by atomic mass is 16.5. The van der Waals surface area contributed by atoms with Crippen molar-refractivity contribution in [2.75, 3.05) is 6.61 Å². The maximum atomic E-state index is 8.67. The number of allylic oxidation sites excluding steroid dienone is 1. The largest absolute Gasteiger partial charge is 0.494 e. The second kappa shape index (κ2) is 4.48. The molecule has 1 aromatic rings. The third kappa shape index (κ3) is 2.14. The quantitative estimate of drug-likeness (QED) is 0.681. The molecule has 0 N–H and O–H groups in total. The lowest BCUT2D eigenvalue weighted by molar-refractivity contribution is 0.338. The second-order valence-electron chi connectivity index (χ2n) is 3.00. The van der Waals surface area contributed by atoms with Crippen LogP contribution in [0.1, 0.15) is 18.1 Å². The van der Waals surface area contributed by atoms with Gasteiger partial charge in [-0.05, 0) is 43.2 Å². The second-order valence-corrected chi connectivity index (χ2v) is 3.00. The first kappa shape index (κ1) is 10.3. The number of nitriles is 1. The number of hydrogen-bond donors (Lipinski definition) is 0. The molecule has 0 bridgehead atoms. The number of hydrogen-bond acceptors (Lipinski definition) is 2. The van der Waals surface area contributed by atoms with Crippen molar-refractivity contribution < 1.29 is 4.74 Å². The summed E-state index contributed by atoms with van der Waals surface area (Å²) >= 11 is 0. The van der Waals surface area contributed by atoms with Crippen LogP contribution in [0.15, 0.2) is 24.8 Å². The van der Waals surface area contributed by atoms with Crippen LogP contribution in [0.5, 0.6) is 5.75 Å². The zero-order valence-corrected chi connectivity index (χ0v) is 8.50. The summed E-state index contributed by atoms with van der Waals surface area (Å²) in [5.41, 5.74) is 2.37. The molecule has 0 aliphatic carbocycles. The van der Waals surface area contributed by atoms with E-state index in [1.807, 2.05) is 38.1 Å². The Morgan fingerprint density at radius 3 is 2.79 bits per heavy atom. The summed E-state index contributed by atoms with van der Waals surface area (Å²) < 4.78 is 5.39. The first-order chi connectivity index (χ1) is 6.69. The summed E-state index contributed by atoms with van der Waals surface area (Å²) in [7, 11) is 0. The number of aryl methyl sites for hydroxylation is 1. The molecule has 0 fully saturated rings. The van der Waals surface area contributed by atoms with Gasteiger partial charge >= 0.3 is 0 Å². The maximum Gasteiger partial charge on any atom is 0.122 e. The number of benzene rings is 1. The Kier molecular flexibility index (Phi) is 3.30. The summed E-state index contributed by atoms with van der Waals surface area (Å²) in [5.74, 6) is 0.863. The average Bonchev–Trinajstić information content (AvgIpc) is 2.20. The van der Waals surface area contributed by atoms with Crippen LogP contribution in [0.4, 0.5) is 0 Å². The van der Waals surface area contributed by atoms with Gasteiger partial charge in [-0.25, -0.2) is 0 Å². The van der Waals surface area contributed by atoms with Gasteiger partial charge in [-0.2, -0.15) is 5.26 Å². The Bertz CT molecular complexity index is 388. The van der Waals surface area contributed by atoms with Gasteiger partial charge in [0.25, 0.3) is 0 Å². The Morgan fingerprint density at radius 1 is 1.57 bits per heavy atom. The summed E-state index contributed by atoms with van der Waals surface area (Å²) in [6.45, 7) is 8.21. The van der Waals surface area contributed by atoms with E-state index in [0.717, 1.165) is 16.9 Å².